The highest BCUT2D eigenvalue weighted by Crippen LogP contribution is 2.14. The van der Waals surface area contributed by atoms with Crippen LogP contribution in [-0.2, 0) is 35.1 Å². The van der Waals surface area contributed by atoms with Gasteiger partial charge in [-0.1, -0.05) is 12.1 Å². The minimum Gasteiger partial charge on any atom is -0.480 e. The van der Waals surface area contributed by atoms with Crippen LogP contribution in [-0.4, -0.2) is 133 Å². The third-order valence-corrected chi connectivity index (χ3v) is 5.95. The summed E-state index contributed by atoms with van der Waals surface area (Å²) in [5.41, 5.74) is 7.35. The Morgan fingerprint density at radius 1 is 0.833 bits per heavy atom. The summed E-state index contributed by atoms with van der Waals surface area (Å²) in [5, 5.41) is 19.1. The number of rotatable bonds is 12. The summed E-state index contributed by atoms with van der Waals surface area (Å²) >= 11 is 0. The molecule has 13 nitrogen and oxygen atoms in total. The second-order valence-electron chi connectivity index (χ2n) is 8.61. The number of benzene rings is 1. The van der Waals surface area contributed by atoms with E-state index >= 15 is 0 Å². The molecular weight excluding hydrogens is 474 g/mol. The van der Waals surface area contributed by atoms with Gasteiger partial charge in [0.05, 0.1) is 13.1 Å². The first-order chi connectivity index (χ1) is 17.3. The fraction of sp³-hybridized carbons (Fsp3) is 0.565. The number of nitrogens with zero attached hydrogens (tertiary/aromatic N) is 4. The van der Waals surface area contributed by atoms with Crippen molar-refractivity contribution in [1.29, 1.82) is 0 Å². The normalized spacial score (nSPS) is 19.5. The molecule has 1 atom stereocenters. The van der Waals surface area contributed by atoms with Crippen molar-refractivity contribution >= 4 is 30.6 Å². The van der Waals surface area contributed by atoms with E-state index in [4.69, 9.17) is 15.2 Å². The molecule has 4 N–H and O–H groups in total. The van der Waals surface area contributed by atoms with E-state index in [-0.39, 0.29) is 32.6 Å². The first-order valence-corrected chi connectivity index (χ1v) is 11.6. The van der Waals surface area contributed by atoms with Crippen LogP contribution in [0, 0.1) is 0 Å². The van der Waals surface area contributed by atoms with Gasteiger partial charge in [0.2, 0.25) is 0 Å². The number of anilines is 1. The molecule has 1 aliphatic rings. The molecule has 0 aromatic heterocycles. The monoisotopic (exact) mass is 509 g/mol. The third kappa shape index (κ3) is 11.0. The molecule has 0 aliphatic carbocycles. The van der Waals surface area contributed by atoms with Crippen molar-refractivity contribution in [3.63, 3.8) is 0 Å². The smallest absolute Gasteiger partial charge is 0.317 e. The van der Waals surface area contributed by atoms with E-state index in [1.165, 1.54) is 0 Å². The van der Waals surface area contributed by atoms with Gasteiger partial charge in [-0.25, -0.2) is 0 Å². The second kappa shape index (κ2) is 15.7. The molecule has 0 bridgehead atoms. The van der Waals surface area contributed by atoms with Crippen molar-refractivity contribution in [2.75, 3.05) is 78.1 Å². The van der Waals surface area contributed by atoms with E-state index in [0.29, 0.717) is 70.9 Å². The molecule has 2 rings (SSSR count). The van der Waals surface area contributed by atoms with Gasteiger partial charge < -0.3 is 25.4 Å². The minimum atomic E-state index is -0.998. The van der Waals surface area contributed by atoms with Gasteiger partial charge >= 0.3 is 11.9 Å². The second-order valence-corrected chi connectivity index (χ2v) is 8.61. The van der Waals surface area contributed by atoms with Gasteiger partial charge in [-0.3, -0.25) is 38.8 Å². The number of hydrogen-bond acceptors (Lipinski definition) is 11. The molecule has 0 amide bonds. The number of aliphatic carboxylic acids is 2. The summed E-state index contributed by atoms with van der Waals surface area (Å²) in [5.74, 6) is -1.99. The average molecular weight is 510 g/mol. The molecule has 0 radical (unpaired) electrons. The van der Waals surface area contributed by atoms with E-state index in [2.05, 4.69) is 0 Å². The summed E-state index contributed by atoms with van der Waals surface area (Å²) in [6, 6.07) is 6.95. The van der Waals surface area contributed by atoms with E-state index in [1.807, 2.05) is 26.8 Å². The zero-order valence-corrected chi connectivity index (χ0v) is 20.2. The molecule has 1 fully saturated rings. The van der Waals surface area contributed by atoms with Gasteiger partial charge in [0.25, 0.3) is 12.9 Å². The summed E-state index contributed by atoms with van der Waals surface area (Å²) < 4.78 is 9.87. The van der Waals surface area contributed by atoms with Crippen LogP contribution in [0.25, 0.3) is 0 Å². The Morgan fingerprint density at radius 2 is 1.33 bits per heavy atom. The molecule has 0 spiro atoms. The highest BCUT2D eigenvalue weighted by molar-refractivity contribution is 5.69. The molecule has 1 saturated heterocycles. The first kappa shape index (κ1) is 29.0. The van der Waals surface area contributed by atoms with E-state index in [0.717, 1.165) is 5.56 Å². The van der Waals surface area contributed by atoms with Gasteiger partial charge in [-0.05, 0) is 24.1 Å². The molecule has 1 aromatic carbocycles. The molecule has 1 aromatic rings. The molecular formula is C23H35N5O8. The quantitative estimate of drug-likeness (QED) is 0.228. The average Bonchev–Trinajstić information content (AvgIpc) is 2.83. The number of nitrogen functional groups attached to an aromatic ring is 1. The maximum Gasteiger partial charge on any atom is 0.317 e. The number of carbonyl (C=O) groups is 4. The zero-order valence-electron chi connectivity index (χ0n) is 20.2. The van der Waals surface area contributed by atoms with Crippen LogP contribution < -0.4 is 5.73 Å². The SMILES string of the molecule is Nc1ccc(CC2CN(CC(=O)O)CCN(COC=O)CCN(COC=O)CCN2CC(=O)O)cc1. The van der Waals surface area contributed by atoms with Crippen molar-refractivity contribution in [1.82, 2.24) is 19.6 Å². The lowest BCUT2D eigenvalue weighted by Gasteiger charge is -2.37. The number of ether oxygens (including phenoxy) is 2. The molecule has 200 valence electrons. The predicted molar refractivity (Wildman–Crippen MR) is 129 cm³/mol. The highest BCUT2D eigenvalue weighted by Gasteiger charge is 2.27. The Balaban J connectivity index is 2.35. The van der Waals surface area contributed by atoms with Crippen LogP contribution >= 0.6 is 0 Å². The summed E-state index contributed by atoms with van der Waals surface area (Å²) in [4.78, 5) is 52.2. The topological polar surface area (TPSA) is 166 Å². The van der Waals surface area contributed by atoms with Crippen LogP contribution in [0.5, 0.6) is 0 Å². The van der Waals surface area contributed by atoms with Crippen LogP contribution in [0.4, 0.5) is 5.69 Å². The number of carboxylic acids is 2. The maximum absolute atomic E-state index is 11.7. The fourth-order valence-electron chi connectivity index (χ4n) is 4.11. The number of hydrogen-bond donors (Lipinski definition) is 3. The zero-order chi connectivity index (χ0) is 26.3. The van der Waals surface area contributed by atoms with Crippen LogP contribution in [0.1, 0.15) is 5.56 Å². The number of nitrogens with two attached hydrogens (primary N) is 1. The van der Waals surface area contributed by atoms with Gasteiger partial charge in [0.1, 0.15) is 13.5 Å². The first-order valence-electron chi connectivity index (χ1n) is 11.6. The van der Waals surface area contributed by atoms with Gasteiger partial charge in [0, 0.05) is 57.5 Å². The van der Waals surface area contributed by atoms with Gasteiger partial charge in [-0.15, -0.1) is 0 Å². The predicted octanol–water partition coefficient (Wildman–Crippen LogP) is -1.17. The Bertz CT molecular complexity index is 840. The lowest BCUT2D eigenvalue weighted by molar-refractivity contribution is -0.141. The van der Waals surface area contributed by atoms with E-state index in [1.54, 1.807) is 17.0 Å². The van der Waals surface area contributed by atoms with Gasteiger partial charge in [-0.2, -0.15) is 0 Å². The minimum absolute atomic E-state index is 0.0283. The maximum atomic E-state index is 11.7. The van der Waals surface area contributed by atoms with Crippen molar-refractivity contribution in [2.24, 2.45) is 0 Å². The molecule has 1 aliphatic heterocycles. The highest BCUT2D eigenvalue weighted by atomic mass is 16.5. The molecule has 0 saturated carbocycles. The number of carbonyl (C=O) groups excluding carboxylic acids is 2. The van der Waals surface area contributed by atoms with Crippen molar-refractivity contribution < 1.29 is 38.9 Å². The molecule has 36 heavy (non-hydrogen) atoms. The van der Waals surface area contributed by atoms with Crippen molar-refractivity contribution in [2.45, 2.75) is 12.5 Å². The van der Waals surface area contributed by atoms with Gasteiger partial charge in [0.15, 0.2) is 0 Å². The Labute approximate surface area is 209 Å². The summed E-state index contributed by atoms with van der Waals surface area (Å²) in [6.07, 6.45) is 0.479. The number of carboxylic acid groups (broad SMARTS) is 2. The van der Waals surface area contributed by atoms with Crippen LogP contribution in [0.15, 0.2) is 24.3 Å². The van der Waals surface area contributed by atoms with E-state index in [9.17, 15) is 29.4 Å². The molecule has 1 heterocycles. The van der Waals surface area contributed by atoms with Crippen molar-refractivity contribution in [3.8, 4) is 0 Å². The standard InChI is InChI=1S/C23H35N5O8/c24-20-3-1-19(2-4-20)11-21-12-27(13-22(31)32)8-7-25(15-35-17-29)5-6-26(16-36-18-30)9-10-28(21)14-23(33)34/h1-4,17-18,21H,5-16,24H2,(H,31,32)(H,33,34). The lowest BCUT2D eigenvalue weighted by Crippen LogP contribution is -2.53. The third-order valence-electron chi connectivity index (χ3n) is 5.95. The largest absolute Gasteiger partial charge is 0.480 e. The van der Waals surface area contributed by atoms with Crippen molar-refractivity contribution in [3.05, 3.63) is 29.8 Å². The van der Waals surface area contributed by atoms with Crippen LogP contribution in [0.2, 0.25) is 0 Å². The lowest BCUT2D eigenvalue weighted by atomic mass is 10.0. The van der Waals surface area contributed by atoms with E-state index < -0.39 is 11.9 Å². The Hall–Kier alpha value is -3.26. The Morgan fingerprint density at radius 3 is 1.83 bits per heavy atom. The fourth-order valence-corrected chi connectivity index (χ4v) is 4.11. The summed E-state index contributed by atoms with van der Waals surface area (Å²) in [7, 11) is 0. The molecule has 13 heteroatoms. The van der Waals surface area contributed by atoms with Crippen LogP contribution in [0.3, 0.4) is 0 Å². The Kier molecular flexibility index (Phi) is 12.6. The molecule has 1 unspecified atom stereocenters. The summed E-state index contributed by atoms with van der Waals surface area (Å²) in [6.45, 7) is 3.06.